The summed E-state index contributed by atoms with van der Waals surface area (Å²) in [5.41, 5.74) is 2.24. The van der Waals surface area contributed by atoms with Crippen molar-refractivity contribution in [1.82, 2.24) is 0 Å². The number of ether oxygens (including phenoxy) is 1. The molecule has 0 unspecified atom stereocenters. The van der Waals surface area contributed by atoms with Crippen LogP contribution in [0, 0.1) is 0 Å². The predicted molar refractivity (Wildman–Crippen MR) is 79.3 cm³/mol. The minimum Gasteiger partial charge on any atom is -0.487 e. The van der Waals surface area contributed by atoms with Crippen LogP contribution in [0.25, 0.3) is 0 Å². The Bertz CT molecular complexity index is 523. The summed E-state index contributed by atoms with van der Waals surface area (Å²) in [6.45, 7) is 2.61. The molecule has 2 aromatic carbocycles. The predicted octanol–water partition coefficient (Wildman–Crippen LogP) is 5.24. The standard InChI is InChI=1S/C15H14BrClO/c1-2-12-4-3-5-14(15(12)17)18-10-11-6-8-13(16)9-7-11/h3-9H,2,10H2,1H3. The molecule has 0 aromatic heterocycles. The van der Waals surface area contributed by atoms with Gasteiger partial charge >= 0.3 is 0 Å². The lowest BCUT2D eigenvalue weighted by molar-refractivity contribution is 0.306. The lowest BCUT2D eigenvalue weighted by atomic mass is 10.1. The summed E-state index contributed by atoms with van der Waals surface area (Å²) in [4.78, 5) is 0. The molecule has 0 spiro atoms. The van der Waals surface area contributed by atoms with Crippen molar-refractivity contribution in [1.29, 1.82) is 0 Å². The molecule has 94 valence electrons. The fraction of sp³-hybridized carbons (Fsp3) is 0.200. The first-order valence-corrected chi connectivity index (χ1v) is 7.02. The molecule has 0 saturated carbocycles. The first-order chi connectivity index (χ1) is 8.70. The number of benzene rings is 2. The highest BCUT2D eigenvalue weighted by Gasteiger charge is 2.05. The fourth-order valence-corrected chi connectivity index (χ4v) is 2.26. The molecule has 2 rings (SSSR count). The maximum absolute atomic E-state index is 6.27. The Morgan fingerprint density at radius 3 is 2.50 bits per heavy atom. The first kappa shape index (κ1) is 13.4. The number of aryl methyl sites for hydroxylation is 1. The highest BCUT2D eigenvalue weighted by molar-refractivity contribution is 9.10. The van der Waals surface area contributed by atoms with Gasteiger partial charge in [-0.3, -0.25) is 0 Å². The third kappa shape index (κ3) is 3.27. The minimum absolute atomic E-state index is 0.528. The molecule has 0 bridgehead atoms. The van der Waals surface area contributed by atoms with Crippen LogP contribution in [-0.4, -0.2) is 0 Å². The van der Waals surface area contributed by atoms with Crippen LogP contribution < -0.4 is 4.74 Å². The van der Waals surface area contributed by atoms with Crippen LogP contribution >= 0.6 is 27.5 Å². The fourth-order valence-electron chi connectivity index (χ4n) is 1.68. The molecule has 2 aromatic rings. The zero-order valence-electron chi connectivity index (χ0n) is 10.1. The van der Waals surface area contributed by atoms with Crippen molar-refractivity contribution < 1.29 is 4.74 Å². The van der Waals surface area contributed by atoms with E-state index in [1.165, 1.54) is 0 Å². The Kier molecular flexibility index (Phi) is 4.67. The highest BCUT2D eigenvalue weighted by atomic mass is 79.9. The molecule has 0 heterocycles. The van der Waals surface area contributed by atoms with E-state index < -0.39 is 0 Å². The van der Waals surface area contributed by atoms with Crippen molar-refractivity contribution in [3.8, 4) is 5.75 Å². The molecule has 0 N–H and O–H groups in total. The van der Waals surface area contributed by atoms with E-state index in [-0.39, 0.29) is 0 Å². The topological polar surface area (TPSA) is 9.23 Å². The largest absolute Gasteiger partial charge is 0.487 e. The van der Waals surface area contributed by atoms with Gasteiger partial charge in [-0.2, -0.15) is 0 Å². The smallest absolute Gasteiger partial charge is 0.138 e. The van der Waals surface area contributed by atoms with E-state index >= 15 is 0 Å². The van der Waals surface area contributed by atoms with E-state index in [4.69, 9.17) is 16.3 Å². The van der Waals surface area contributed by atoms with E-state index in [0.29, 0.717) is 6.61 Å². The van der Waals surface area contributed by atoms with Crippen LogP contribution in [0.5, 0.6) is 5.75 Å². The van der Waals surface area contributed by atoms with Crippen LogP contribution in [0.2, 0.25) is 5.02 Å². The molecule has 0 amide bonds. The maximum atomic E-state index is 6.27. The summed E-state index contributed by atoms with van der Waals surface area (Å²) in [5.74, 6) is 0.749. The van der Waals surface area contributed by atoms with Crippen molar-refractivity contribution in [3.05, 3.63) is 63.1 Å². The average molecular weight is 326 g/mol. The Hall–Kier alpha value is -0.990. The molecule has 0 aliphatic carbocycles. The Morgan fingerprint density at radius 2 is 1.83 bits per heavy atom. The van der Waals surface area contributed by atoms with E-state index in [0.717, 1.165) is 32.8 Å². The summed E-state index contributed by atoms with van der Waals surface area (Å²) in [6, 6.07) is 14.0. The van der Waals surface area contributed by atoms with Crippen LogP contribution in [0.3, 0.4) is 0 Å². The molecule has 0 fully saturated rings. The Labute approximate surface area is 121 Å². The summed E-state index contributed by atoms with van der Waals surface area (Å²) in [7, 11) is 0. The van der Waals surface area contributed by atoms with Gasteiger partial charge in [0.2, 0.25) is 0 Å². The van der Waals surface area contributed by atoms with Crippen molar-refractivity contribution >= 4 is 27.5 Å². The molecule has 0 aliphatic heterocycles. The van der Waals surface area contributed by atoms with Gasteiger partial charge < -0.3 is 4.74 Å². The SMILES string of the molecule is CCc1cccc(OCc2ccc(Br)cc2)c1Cl. The van der Waals surface area contributed by atoms with Crippen LogP contribution in [-0.2, 0) is 13.0 Å². The van der Waals surface area contributed by atoms with Crippen molar-refractivity contribution in [2.45, 2.75) is 20.0 Å². The van der Waals surface area contributed by atoms with Gasteiger partial charge in [-0.15, -0.1) is 0 Å². The monoisotopic (exact) mass is 324 g/mol. The Balaban J connectivity index is 2.08. The normalized spacial score (nSPS) is 10.4. The molecule has 0 saturated heterocycles. The molecule has 3 heteroatoms. The first-order valence-electron chi connectivity index (χ1n) is 5.85. The summed E-state index contributed by atoms with van der Waals surface area (Å²) in [6.07, 6.45) is 0.911. The maximum Gasteiger partial charge on any atom is 0.138 e. The van der Waals surface area contributed by atoms with Gasteiger partial charge in [-0.1, -0.05) is 58.7 Å². The number of rotatable bonds is 4. The lowest BCUT2D eigenvalue weighted by Gasteiger charge is -2.10. The summed E-state index contributed by atoms with van der Waals surface area (Å²) >= 11 is 9.68. The van der Waals surface area contributed by atoms with Crippen molar-refractivity contribution in [2.24, 2.45) is 0 Å². The van der Waals surface area contributed by atoms with Crippen LogP contribution in [0.15, 0.2) is 46.9 Å². The van der Waals surface area contributed by atoms with Crippen molar-refractivity contribution in [3.63, 3.8) is 0 Å². The van der Waals surface area contributed by atoms with E-state index in [1.807, 2.05) is 42.5 Å². The van der Waals surface area contributed by atoms with Gasteiger partial charge in [0.05, 0.1) is 5.02 Å². The number of hydrogen-bond acceptors (Lipinski definition) is 1. The van der Waals surface area contributed by atoms with Gasteiger partial charge in [0.25, 0.3) is 0 Å². The molecular weight excluding hydrogens is 312 g/mol. The quantitative estimate of drug-likeness (QED) is 0.746. The zero-order chi connectivity index (χ0) is 13.0. The van der Waals surface area contributed by atoms with Gasteiger partial charge in [-0.05, 0) is 35.7 Å². The lowest BCUT2D eigenvalue weighted by Crippen LogP contribution is -1.97. The van der Waals surface area contributed by atoms with E-state index in [2.05, 4.69) is 22.9 Å². The molecule has 18 heavy (non-hydrogen) atoms. The van der Waals surface area contributed by atoms with Gasteiger partial charge in [0.15, 0.2) is 0 Å². The third-order valence-corrected chi connectivity index (χ3v) is 3.69. The molecular formula is C15H14BrClO. The van der Waals surface area contributed by atoms with Gasteiger partial charge in [0.1, 0.15) is 12.4 Å². The highest BCUT2D eigenvalue weighted by Crippen LogP contribution is 2.29. The molecule has 0 radical (unpaired) electrons. The zero-order valence-corrected chi connectivity index (χ0v) is 12.5. The Morgan fingerprint density at radius 1 is 1.11 bits per heavy atom. The van der Waals surface area contributed by atoms with E-state index in [9.17, 15) is 0 Å². The molecule has 0 aliphatic rings. The number of hydrogen-bond donors (Lipinski definition) is 0. The second kappa shape index (κ2) is 6.26. The minimum atomic E-state index is 0.528. The van der Waals surface area contributed by atoms with E-state index in [1.54, 1.807) is 0 Å². The third-order valence-electron chi connectivity index (χ3n) is 2.73. The van der Waals surface area contributed by atoms with Crippen molar-refractivity contribution in [2.75, 3.05) is 0 Å². The second-order valence-electron chi connectivity index (χ2n) is 4.00. The molecule has 0 atom stereocenters. The summed E-state index contributed by atoms with van der Waals surface area (Å²) in [5, 5.41) is 0.720. The number of halogens is 2. The van der Waals surface area contributed by atoms with Crippen LogP contribution in [0.1, 0.15) is 18.1 Å². The average Bonchev–Trinajstić information content (AvgIpc) is 2.39. The van der Waals surface area contributed by atoms with Gasteiger partial charge in [-0.25, -0.2) is 0 Å². The van der Waals surface area contributed by atoms with Crippen LogP contribution in [0.4, 0.5) is 0 Å². The second-order valence-corrected chi connectivity index (χ2v) is 5.29. The summed E-state index contributed by atoms with van der Waals surface area (Å²) < 4.78 is 6.82. The molecule has 1 nitrogen and oxygen atoms in total. The van der Waals surface area contributed by atoms with Gasteiger partial charge in [0, 0.05) is 4.47 Å².